The lowest BCUT2D eigenvalue weighted by Crippen LogP contribution is -2.33. The average Bonchev–Trinajstić information content (AvgIpc) is 2.62. The van der Waals surface area contributed by atoms with Crippen molar-refractivity contribution in [2.24, 2.45) is 0 Å². The Labute approximate surface area is 150 Å². The molecule has 1 heterocycles. The van der Waals surface area contributed by atoms with E-state index in [1.165, 1.54) is 4.68 Å². The van der Waals surface area contributed by atoms with Crippen LogP contribution in [0.5, 0.6) is 0 Å². The first kappa shape index (κ1) is 18.2. The van der Waals surface area contributed by atoms with Gasteiger partial charge in [-0.15, -0.1) is 0 Å². The smallest absolute Gasteiger partial charge is 0.267 e. The van der Waals surface area contributed by atoms with E-state index >= 15 is 0 Å². The summed E-state index contributed by atoms with van der Waals surface area (Å²) in [6.07, 6.45) is 3.72. The largest absolute Gasteiger partial charge is 0.268 e. The molecule has 0 unspecified atom stereocenters. The molecule has 0 saturated heterocycles. The summed E-state index contributed by atoms with van der Waals surface area (Å²) < 4.78 is 41.5. The van der Waals surface area contributed by atoms with Crippen molar-refractivity contribution >= 4 is 10.0 Å². The van der Waals surface area contributed by atoms with Gasteiger partial charge in [0.25, 0.3) is 5.56 Å². The van der Waals surface area contributed by atoms with Crippen LogP contribution in [0.3, 0.4) is 0 Å². The Bertz CT molecular complexity index is 1040. The van der Waals surface area contributed by atoms with Crippen LogP contribution in [0.1, 0.15) is 29.7 Å². The van der Waals surface area contributed by atoms with Crippen LogP contribution in [-0.2, 0) is 29.4 Å². The van der Waals surface area contributed by atoms with Gasteiger partial charge in [-0.05, 0) is 49.4 Å². The van der Waals surface area contributed by atoms with E-state index in [-0.39, 0.29) is 29.1 Å². The van der Waals surface area contributed by atoms with E-state index in [0.717, 1.165) is 55.1 Å². The highest BCUT2D eigenvalue weighted by Crippen LogP contribution is 2.17. The number of sulfonamides is 1. The van der Waals surface area contributed by atoms with Crippen LogP contribution in [0, 0.1) is 17.1 Å². The lowest BCUT2D eigenvalue weighted by molar-refractivity contribution is 0.526. The molecule has 9 heteroatoms. The third-order valence-electron chi connectivity index (χ3n) is 4.26. The van der Waals surface area contributed by atoms with Crippen molar-refractivity contribution in [3.63, 3.8) is 0 Å². The first-order valence-corrected chi connectivity index (χ1v) is 9.68. The van der Waals surface area contributed by atoms with Crippen molar-refractivity contribution < 1.29 is 12.8 Å². The minimum Gasteiger partial charge on any atom is -0.268 e. The molecule has 7 nitrogen and oxygen atoms in total. The van der Waals surface area contributed by atoms with Gasteiger partial charge in [0.05, 0.1) is 22.7 Å². The molecule has 1 aliphatic rings. The SMILES string of the molecule is N#Cc1cc(S(=O)(=O)NCCn2nc3c(cc2=O)CCCC3)ccc1F. The summed E-state index contributed by atoms with van der Waals surface area (Å²) in [4.78, 5) is 11.9. The standard InChI is InChI=1S/C17H17FN4O3S/c18-15-6-5-14(9-13(15)11-19)26(24,25)20-7-8-22-17(23)10-12-3-1-2-4-16(12)21-22/h5-6,9-10,20H,1-4,7-8H2. The van der Waals surface area contributed by atoms with E-state index in [2.05, 4.69) is 9.82 Å². The number of nitriles is 1. The van der Waals surface area contributed by atoms with Gasteiger partial charge in [0, 0.05) is 12.6 Å². The zero-order valence-electron chi connectivity index (χ0n) is 13.9. The molecule has 0 amide bonds. The molecule has 3 rings (SSSR count). The number of fused-ring (bicyclic) bond motifs is 1. The fourth-order valence-corrected chi connectivity index (χ4v) is 3.93. The van der Waals surface area contributed by atoms with Gasteiger partial charge in [-0.1, -0.05) is 0 Å². The third kappa shape index (κ3) is 3.81. The van der Waals surface area contributed by atoms with E-state index in [1.54, 1.807) is 12.1 Å². The van der Waals surface area contributed by atoms with Crippen LogP contribution in [0.15, 0.2) is 34.0 Å². The fourth-order valence-electron chi connectivity index (χ4n) is 2.89. The van der Waals surface area contributed by atoms with E-state index in [9.17, 15) is 17.6 Å². The molecule has 0 bridgehead atoms. The Morgan fingerprint density at radius 1 is 1.27 bits per heavy atom. The fraction of sp³-hybridized carbons (Fsp3) is 0.353. The number of halogens is 1. The zero-order chi connectivity index (χ0) is 18.7. The molecule has 0 radical (unpaired) electrons. The van der Waals surface area contributed by atoms with Crippen LogP contribution in [0.4, 0.5) is 4.39 Å². The molecule has 0 atom stereocenters. The molecule has 1 aromatic heterocycles. The normalized spacial score (nSPS) is 13.8. The highest BCUT2D eigenvalue weighted by Gasteiger charge is 2.17. The van der Waals surface area contributed by atoms with Gasteiger partial charge in [0.2, 0.25) is 10.0 Å². The molecular weight excluding hydrogens is 359 g/mol. The second kappa shape index (κ2) is 7.35. The third-order valence-corrected chi connectivity index (χ3v) is 5.72. The summed E-state index contributed by atoms with van der Waals surface area (Å²) in [5.74, 6) is -0.781. The second-order valence-corrected chi connectivity index (χ2v) is 7.80. The molecule has 2 aromatic rings. The van der Waals surface area contributed by atoms with Gasteiger partial charge in [-0.3, -0.25) is 4.79 Å². The lowest BCUT2D eigenvalue weighted by Gasteiger charge is -2.16. The minimum atomic E-state index is -3.92. The summed E-state index contributed by atoms with van der Waals surface area (Å²) in [5.41, 5.74) is 1.24. The van der Waals surface area contributed by atoms with Crippen molar-refractivity contribution in [2.45, 2.75) is 37.1 Å². The number of aryl methyl sites for hydroxylation is 2. The number of hydrogen-bond donors (Lipinski definition) is 1. The molecule has 136 valence electrons. The molecule has 1 aromatic carbocycles. The van der Waals surface area contributed by atoms with Crippen molar-refractivity contribution in [1.29, 1.82) is 5.26 Å². The van der Waals surface area contributed by atoms with E-state index < -0.39 is 15.8 Å². The maximum absolute atomic E-state index is 13.3. The summed E-state index contributed by atoms with van der Waals surface area (Å²) in [7, 11) is -3.92. The average molecular weight is 376 g/mol. The van der Waals surface area contributed by atoms with Crippen LogP contribution in [0.2, 0.25) is 0 Å². The molecule has 0 aliphatic heterocycles. The molecular formula is C17H17FN4O3S. The predicted octanol–water partition coefficient (Wildman–Crippen LogP) is 1.11. The predicted molar refractivity (Wildman–Crippen MR) is 91.4 cm³/mol. The van der Waals surface area contributed by atoms with E-state index in [4.69, 9.17) is 5.26 Å². The summed E-state index contributed by atoms with van der Waals surface area (Å²) >= 11 is 0. The molecule has 1 aliphatic carbocycles. The van der Waals surface area contributed by atoms with Gasteiger partial charge in [-0.25, -0.2) is 22.2 Å². The number of rotatable bonds is 5. The van der Waals surface area contributed by atoms with Gasteiger partial charge in [-0.2, -0.15) is 10.4 Å². The lowest BCUT2D eigenvalue weighted by atomic mass is 9.97. The Hall–Kier alpha value is -2.57. The molecule has 1 N–H and O–H groups in total. The summed E-state index contributed by atoms with van der Waals surface area (Å²) in [6.45, 7) is 0.0327. The van der Waals surface area contributed by atoms with Gasteiger partial charge in [0.15, 0.2) is 0 Å². The summed E-state index contributed by atoms with van der Waals surface area (Å²) in [6, 6.07) is 6.16. The Kier molecular flexibility index (Phi) is 5.15. The Balaban J connectivity index is 1.71. The monoisotopic (exact) mass is 376 g/mol. The summed E-state index contributed by atoms with van der Waals surface area (Å²) in [5, 5.41) is 13.1. The van der Waals surface area contributed by atoms with Crippen LogP contribution in [-0.4, -0.2) is 24.7 Å². The number of aromatic nitrogens is 2. The van der Waals surface area contributed by atoms with Crippen molar-refractivity contribution in [3.05, 3.63) is 57.3 Å². The first-order valence-electron chi connectivity index (χ1n) is 8.20. The quantitative estimate of drug-likeness (QED) is 0.842. The van der Waals surface area contributed by atoms with Crippen molar-refractivity contribution in [2.75, 3.05) is 6.54 Å². The molecule has 0 saturated carbocycles. The number of hydrogen-bond acceptors (Lipinski definition) is 5. The second-order valence-electron chi connectivity index (χ2n) is 6.04. The zero-order valence-corrected chi connectivity index (χ0v) is 14.7. The van der Waals surface area contributed by atoms with Crippen LogP contribution in [0.25, 0.3) is 0 Å². The highest BCUT2D eigenvalue weighted by molar-refractivity contribution is 7.89. The van der Waals surface area contributed by atoms with Crippen LogP contribution < -0.4 is 10.3 Å². The minimum absolute atomic E-state index is 0.0483. The maximum atomic E-state index is 13.3. The number of benzene rings is 1. The van der Waals surface area contributed by atoms with E-state index in [0.29, 0.717) is 0 Å². The number of nitrogens with one attached hydrogen (secondary N) is 1. The topological polar surface area (TPSA) is 105 Å². The van der Waals surface area contributed by atoms with E-state index in [1.807, 2.05) is 0 Å². The Morgan fingerprint density at radius 2 is 2.04 bits per heavy atom. The molecule has 0 spiro atoms. The van der Waals surface area contributed by atoms with Crippen LogP contribution >= 0.6 is 0 Å². The van der Waals surface area contributed by atoms with Crippen molar-refractivity contribution in [1.82, 2.24) is 14.5 Å². The van der Waals surface area contributed by atoms with Gasteiger partial charge in [0.1, 0.15) is 11.9 Å². The molecule has 0 fully saturated rings. The highest BCUT2D eigenvalue weighted by atomic mass is 32.2. The van der Waals surface area contributed by atoms with Gasteiger partial charge < -0.3 is 0 Å². The molecule has 26 heavy (non-hydrogen) atoms. The maximum Gasteiger partial charge on any atom is 0.267 e. The number of nitrogens with zero attached hydrogens (tertiary/aromatic N) is 3. The van der Waals surface area contributed by atoms with Gasteiger partial charge >= 0.3 is 0 Å². The Morgan fingerprint density at radius 3 is 2.81 bits per heavy atom. The first-order chi connectivity index (χ1) is 12.4. The van der Waals surface area contributed by atoms with Crippen molar-refractivity contribution in [3.8, 4) is 6.07 Å².